The average Bonchev–Trinajstić information content (AvgIpc) is 2.71. The van der Waals surface area contributed by atoms with E-state index in [1.807, 2.05) is 0 Å². The number of nitrogens with zero attached hydrogens (tertiary/aromatic N) is 2. The first-order chi connectivity index (χ1) is 12.8. The molecule has 1 aliphatic rings. The first kappa shape index (κ1) is 18.7. The van der Waals surface area contributed by atoms with E-state index in [9.17, 15) is 0 Å². The van der Waals surface area contributed by atoms with Gasteiger partial charge in [0.25, 0.3) is 0 Å². The summed E-state index contributed by atoms with van der Waals surface area (Å²) in [6, 6.07) is 19.6. The first-order valence-electron chi connectivity index (χ1n) is 9.90. The van der Waals surface area contributed by atoms with Gasteiger partial charge in [-0.05, 0) is 62.2 Å². The topological polar surface area (TPSA) is 44.5 Å². The standard InChI is InChI=1S/C22H32N4/c23-13-5-14-24-21-11-9-20(10-12-21)6-4-15-25-16-18-26(19-17-25)22-7-2-1-3-8-22/h1-3,7-12,24H,4-6,13-19,23H2. The van der Waals surface area contributed by atoms with Crippen molar-refractivity contribution in [2.24, 2.45) is 5.73 Å². The molecule has 4 nitrogen and oxygen atoms in total. The number of anilines is 2. The quantitative estimate of drug-likeness (QED) is 0.680. The van der Waals surface area contributed by atoms with Gasteiger partial charge in [0, 0.05) is 44.1 Å². The molecule has 1 heterocycles. The molecule has 1 aliphatic heterocycles. The summed E-state index contributed by atoms with van der Waals surface area (Å²) in [6.45, 7) is 7.48. The molecule has 0 spiro atoms. The fourth-order valence-electron chi connectivity index (χ4n) is 3.50. The maximum atomic E-state index is 5.52. The van der Waals surface area contributed by atoms with E-state index in [2.05, 4.69) is 69.7 Å². The van der Waals surface area contributed by atoms with Crippen LogP contribution in [0.4, 0.5) is 11.4 Å². The lowest BCUT2D eigenvalue weighted by Crippen LogP contribution is -2.46. The van der Waals surface area contributed by atoms with Crippen molar-refractivity contribution in [1.29, 1.82) is 0 Å². The van der Waals surface area contributed by atoms with Crippen molar-refractivity contribution in [2.45, 2.75) is 19.3 Å². The zero-order valence-electron chi connectivity index (χ0n) is 15.7. The molecule has 0 amide bonds. The third kappa shape index (κ3) is 5.75. The first-order valence-corrected chi connectivity index (χ1v) is 9.90. The average molecular weight is 353 g/mol. The van der Waals surface area contributed by atoms with Crippen LogP contribution in [0.5, 0.6) is 0 Å². The van der Waals surface area contributed by atoms with Gasteiger partial charge in [-0.25, -0.2) is 0 Å². The Bertz CT molecular complexity index is 618. The third-order valence-corrected chi connectivity index (χ3v) is 5.10. The van der Waals surface area contributed by atoms with Crippen LogP contribution < -0.4 is 16.0 Å². The molecule has 26 heavy (non-hydrogen) atoms. The second-order valence-electron chi connectivity index (χ2n) is 7.03. The minimum Gasteiger partial charge on any atom is -0.385 e. The summed E-state index contributed by atoms with van der Waals surface area (Å²) in [5.41, 5.74) is 9.50. The molecule has 0 atom stereocenters. The zero-order valence-corrected chi connectivity index (χ0v) is 15.7. The van der Waals surface area contributed by atoms with Crippen molar-refractivity contribution in [3.05, 3.63) is 60.2 Å². The third-order valence-electron chi connectivity index (χ3n) is 5.10. The van der Waals surface area contributed by atoms with Crippen molar-refractivity contribution < 1.29 is 0 Å². The van der Waals surface area contributed by atoms with Crippen molar-refractivity contribution in [1.82, 2.24) is 4.90 Å². The van der Waals surface area contributed by atoms with Crippen molar-refractivity contribution in [3.8, 4) is 0 Å². The second-order valence-corrected chi connectivity index (χ2v) is 7.03. The summed E-state index contributed by atoms with van der Waals surface area (Å²) in [6.07, 6.45) is 3.40. The fourth-order valence-corrected chi connectivity index (χ4v) is 3.50. The Morgan fingerprint density at radius 2 is 1.58 bits per heavy atom. The lowest BCUT2D eigenvalue weighted by Gasteiger charge is -2.36. The van der Waals surface area contributed by atoms with Gasteiger partial charge < -0.3 is 16.0 Å². The summed E-state index contributed by atoms with van der Waals surface area (Å²) >= 11 is 0. The van der Waals surface area contributed by atoms with Crippen LogP contribution in [0.25, 0.3) is 0 Å². The van der Waals surface area contributed by atoms with E-state index >= 15 is 0 Å². The monoisotopic (exact) mass is 352 g/mol. The number of rotatable bonds is 9. The van der Waals surface area contributed by atoms with E-state index in [-0.39, 0.29) is 0 Å². The summed E-state index contributed by atoms with van der Waals surface area (Å²) < 4.78 is 0. The Morgan fingerprint density at radius 1 is 0.846 bits per heavy atom. The summed E-state index contributed by atoms with van der Waals surface area (Å²) in [7, 11) is 0. The molecule has 0 aromatic heterocycles. The number of benzene rings is 2. The van der Waals surface area contributed by atoms with Gasteiger partial charge in [-0.3, -0.25) is 4.90 Å². The van der Waals surface area contributed by atoms with Gasteiger partial charge in [0.2, 0.25) is 0 Å². The van der Waals surface area contributed by atoms with Crippen LogP contribution in [-0.2, 0) is 6.42 Å². The molecule has 0 aliphatic carbocycles. The highest BCUT2D eigenvalue weighted by atomic mass is 15.3. The van der Waals surface area contributed by atoms with Crippen molar-refractivity contribution in [2.75, 3.05) is 56.0 Å². The van der Waals surface area contributed by atoms with Gasteiger partial charge in [0.15, 0.2) is 0 Å². The molecule has 4 heteroatoms. The molecule has 1 fully saturated rings. The minimum atomic E-state index is 0.741. The van der Waals surface area contributed by atoms with Crippen LogP contribution in [0.1, 0.15) is 18.4 Å². The molecule has 0 saturated carbocycles. The predicted octanol–water partition coefficient (Wildman–Crippen LogP) is 3.20. The number of hydrogen-bond acceptors (Lipinski definition) is 4. The summed E-state index contributed by atoms with van der Waals surface area (Å²) in [5.74, 6) is 0. The molecular weight excluding hydrogens is 320 g/mol. The Balaban J connectivity index is 1.34. The second kappa shape index (κ2) is 10.2. The molecule has 2 aromatic carbocycles. The van der Waals surface area contributed by atoms with Crippen molar-refractivity contribution in [3.63, 3.8) is 0 Å². The fraction of sp³-hybridized carbons (Fsp3) is 0.455. The number of hydrogen-bond donors (Lipinski definition) is 2. The predicted molar refractivity (Wildman–Crippen MR) is 112 cm³/mol. The van der Waals surface area contributed by atoms with Gasteiger partial charge in [-0.2, -0.15) is 0 Å². The van der Waals surface area contributed by atoms with Crippen molar-refractivity contribution >= 4 is 11.4 Å². The Hall–Kier alpha value is -2.04. The van der Waals surface area contributed by atoms with E-state index in [4.69, 9.17) is 5.73 Å². The summed E-state index contributed by atoms with van der Waals surface area (Å²) in [4.78, 5) is 5.09. The van der Waals surface area contributed by atoms with Gasteiger partial charge in [0.05, 0.1) is 0 Å². The van der Waals surface area contributed by atoms with Crippen LogP contribution >= 0.6 is 0 Å². The van der Waals surface area contributed by atoms with Crippen LogP contribution in [0.15, 0.2) is 54.6 Å². The lowest BCUT2D eigenvalue weighted by atomic mass is 10.1. The van der Waals surface area contributed by atoms with Crippen LogP contribution in [0.3, 0.4) is 0 Å². The number of piperazine rings is 1. The van der Waals surface area contributed by atoms with Gasteiger partial charge in [-0.15, -0.1) is 0 Å². The molecule has 0 bridgehead atoms. The smallest absolute Gasteiger partial charge is 0.0367 e. The number of nitrogens with two attached hydrogens (primary N) is 1. The number of aryl methyl sites for hydroxylation is 1. The minimum absolute atomic E-state index is 0.741. The number of para-hydroxylation sites is 1. The number of nitrogens with one attached hydrogen (secondary N) is 1. The SMILES string of the molecule is NCCCNc1ccc(CCCN2CCN(c3ccccc3)CC2)cc1. The maximum Gasteiger partial charge on any atom is 0.0367 e. The van der Waals surface area contributed by atoms with Crippen LogP contribution in [-0.4, -0.2) is 50.7 Å². The van der Waals surface area contributed by atoms with E-state index in [1.54, 1.807) is 0 Å². The highest BCUT2D eigenvalue weighted by molar-refractivity contribution is 5.46. The van der Waals surface area contributed by atoms with Gasteiger partial charge >= 0.3 is 0 Å². The highest BCUT2D eigenvalue weighted by Gasteiger charge is 2.16. The largest absolute Gasteiger partial charge is 0.385 e. The molecule has 3 N–H and O–H groups in total. The Kier molecular flexibility index (Phi) is 7.35. The Morgan fingerprint density at radius 3 is 2.27 bits per heavy atom. The van der Waals surface area contributed by atoms with Crippen LogP contribution in [0.2, 0.25) is 0 Å². The zero-order chi connectivity index (χ0) is 18.0. The highest BCUT2D eigenvalue weighted by Crippen LogP contribution is 2.16. The van der Waals surface area contributed by atoms with E-state index < -0.39 is 0 Å². The van der Waals surface area contributed by atoms with E-state index in [0.717, 1.165) is 39.0 Å². The van der Waals surface area contributed by atoms with Crippen LogP contribution in [0, 0.1) is 0 Å². The Labute approximate surface area is 158 Å². The molecule has 1 saturated heterocycles. The molecule has 140 valence electrons. The molecule has 0 radical (unpaired) electrons. The summed E-state index contributed by atoms with van der Waals surface area (Å²) in [5, 5.41) is 3.41. The molecular formula is C22H32N4. The lowest BCUT2D eigenvalue weighted by molar-refractivity contribution is 0.255. The molecule has 0 unspecified atom stereocenters. The van der Waals surface area contributed by atoms with E-state index in [1.165, 1.54) is 43.0 Å². The maximum absolute atomic E-state index is 5.52. The van der Waals surface area contributed by atoms with Gasteiger partial charge in [0.1, 0.15) is 0 Å². The molecule has 3 rings (SSSR count). The normalized spacial score (nSPS) is 15.2. The van der Waals surface area contributed by atoms with E-state index in [0.29, 0.717) is 0 Å². The van der Waals surface area contributed by atoms with Gasteiger partial charge in [-0.1, -0.05) is 30.3 Å². The molecule has 2 aromatic rings.